The fraction of sp³-hybridized carbons (Fsp3) is 0.167. The number of rotatable bonds is 3. The summed E-state index contributed by atoms with van der Waals surface area (Å²) < 4.78 is 41.3. The number of carbonyl (C=O) groups is 1. The third-order valence-electron chi connectivity index (χ3n) is 3.91. The highest BCUT2D eigenvalue weighted by Crippen LogP contribution is 2.38. The molecular weight excluding hydrogens is 379 g/mol. The van der Waals surface area contributed by atoms with E-state index in [1.165, 1.54) is 47.5 Å². The zero-order valence-electron chi connectivity index (χ0n) is 14.1. The molecule has 5 nitrogen and oxygen atoms in total. The molecule has 0 N–H and O–H groups in total. The van der Waals surface area contributed by atoms with Crippen molar-refractivity contribution < 1.29 is 17.6 Å². The number of allylic oxidation sites excluding steroid dienone is 1. The van der Waals surface area contributed by atoms with E-state index < -0.39 is 21.6 Å². The molecule has 1 aliphatic heterocycles. The second-order valence-electron chi connectivity index (χ2n) is 6.05. The minimum Gasteiger partial charge on any atom is -0.382 e. The molecule has 0 fully saturated rings. The molecule has 1 heterocycles. The highest BCUT2D eigenvalue weighted by Gasteiger charge is 2.40. The van der Waals surface area contributed by atoms with Crippen LogP contribution in [0.1, 0.15) is 15.9 Å². The number of hydrogen-bond acceptors (Lipinski definition) is 4. The molecular formula is C18H16ClFN2O3S. The molecule has 0 amide bonds. The minimum absolute atomic E-state index is 0.140. The molecule has 3 rings (SSSR count). The van der Waals surface area contributed by atoms with Crippen LogP contribution in [0.25, 0.3) is 0 Å². The van der Waals surface area contributed by atoms with Gasteiger partial charge in [0.1, 0.15) is 5.82 Å². The van der Waals surface area contributed by atoms with Crippen molar-refractivity contribution >= 4 is 33.1 Å². The summed E-state index contributed by atoms with van der Waals surface area (Å²) in [6.45, 7) is -0.250. The van der Waals surface area contributed by atoms with Gasteiger partial charge < -0.3 is 4.90 Å². The number of hydrogen-bond donors (Lipinski definition) is 0. The molecule has 2 aromatic rings. The van der Waals surface area contributed by atoms with E-state index in [2.05, 4.69) is 0 Å². The summed E-state index contributed by atoms with van der Waals surface area (Å²) in [4.78, 5) is 13.8. The third-order valence-corrected chi connectivity index (χ3v) is 5.90. The largest absolute Gasteiger partial charge is 0.382 e. The fourth-order valence-electron chi connectivity index (χ4n) is 2.71. The number of sulfonamides is 1. The van der Waals surface area contributed by atoms with Crippen LogP contribution in [0.15, 0.2) is 53.6 Å². The van der Waals surface area contributed by atoms with Gasteiger partial charge in [-0.05, 0) is 24.3 Å². The van der Waals surface area contributed by atoms with Gasteiger partial charge in [0.15, 0.2) is 4.91 Å². The number of benzene rings is 2. The molecule has 0 aromatic heterocycles. The summed E-state index contributed by atoms with van der Waals surface area (Å²) in [6.07, 6.45) is 1.25. The average molecular weight is 395 g/mol. The molecule has 136 valence electrons. The zero-order valence-corrected chi connectivity index (χ0v) is 15.7. The van der Waals surface area contributed by atoms with E-state index in [1.54, 1.807) is 20.2 Å². The van der Waals surface area contributed by atoms with Gasteiger partial charge in [-0.25, -0.2) is 12.8 Å². The number of halogens is 2. The number of carbonyl (C=O) groups excluding carboxylic acids is 1. The first kappa shape index (κ1) is 18.4. The lowest BCUT2D eigenvalue weighted by molar-refractivity contribution is 0.104. The first-order chi connectivity index (χ1) is 12.2. The van der Waals surface area contributed by atoms with Gasteiger partial charge in [0.2, 0.25) is 5.78 Å². The summed E-state index contributed by atoms with van der Waals surface area (Å²) in [6, 6.07) is 10.3. The maximum absolute atomic E-state index is 14.1. The molecule has 0 saturated carbocycles. The lowest BCUT2D eigenvalue weighted by Gasteiger charge is -2.32. The van der Waals surface area contributed by atoms with E-state index >= 15 is 0 Å². The Kier molecular flexibility index (Phi) is 4.77. The van der Waals surface area contributed by atoms with Gasteiger partial charge >= 0.3 is 0 Å². The molecule has 1 aliphatic rings. The Bertz CT molecular complexity index is 1020. The molecule has 26 heavy (non-hydrogen) atoms. The maximum Gasteiger partial charge on any atom is 0.270 e. The van der Waals surface area contributed by atoms with Crippen molar-refractivity contribution in [3.63, 3.8) is 0 Å². The minimum atomic E-state index is -4.18. The maximum atomic E-state index is 14.1. The van der Waals surface area contributed by atoms with Crippen LogP contribution in [0.4, 0.5) is 10.1 Å². The number of ketones is 1. The van der Waals surface area contributed by atoms with Gasteiger partial charge in [0, 0.05) is 36.4 Å². The standard InChI is InChI=1S/C18H16ClFN2O3S/c1-21(2)11-17-18(23)14-8-7-13(19)9-16(14)22(26(17,24)25)10-12-5-3-4-6-15(12)20/h3-9,11H,10H2,1-2H3/b17-11+. The van der Waals surface area contributed by atoms with E-state index in [9.17, 15) is 17.6 Å². The van der Waals surface area contributed by atoms with E-state index in [0.717, 1.165) is 4.31 Å². The first-order valence-corrected chi connectivity index (χ1v) is 9.52. The van der Waals surface area contributed by atoms with Gasteiger partial charge in [0.05, 0.1) is 12.2 Å². The predicted octanol–water partition coefficient (Wildman–Crippen LogP) is 3.41. The van der Waals surface area contributed by atoms with Crippen molar-refractivity contribution in [3.8, 4) is 0 Å². The van der Waals surface area contributed by atoms with Crippen LogP contribution in [0.2, 0.25) is 5.02 Å². The summed E-state index contributed by atoms with van der Waals surface area (Å²) in [5, 5.41) is 0.283. The van der Waals surface area contributed by atoms with E-state index in [1.807, 2.05) is 0 Å². The van der Waals surface area contributed by atoms with Crippen molar-refractivity contribution in [2.45, 2.75) is 6.54 Å². The monoisotopic (exact) mass is 394 g/mol. The van der Waals surface area contributed by atoms with Crippen LogP contribution in [0, 0.1) is 5.82 Å². The number of fused-ring (bicyclic) bond motifs is 1. The molecule has 2 aromatic carbocycles. The lowest BCUT2D eigenvalue weighted by Crippen LogP contribution is -2.39. The molecule has 0 bridgehead atoms. The third kappa shape index (κ3) is 3.20. The van der Waals surface area contributed by atoms with Crippen molar-refractivity contribution in [2.24, 2.45) is 0 Å². The number of Topliss-reactive ketones (excluding diaryl/α,β-unsaturated/α-hetero) is 1. The Labute approximate surface area is 156 Å². The summed E-state index contributed by atoms with van der Waals surface area (Å²) in [5.41, 5.74) is 0.538. The molecule has 8 heteroatoms. The molecule has 0 atom stereocenters. The van der Waals surface area contributed by atoms with Crippen molar-refractivity contribution in [2.75, 3.05) is 18.4 Å². The Morgan fingerprint density at radius 1 is 1.19 bits per heavy atom. The second kappa shape index (κ2) is 6.74. The van der Waals surface area contributed by atoms with Crippen LogP contribution in [-0.2, 0) is 16.6 Å². The lowest BCUT2D eigenvalue weighted by atomic mass is 10.1. The van der Waals surface area contributed by atoms with Crippen LogP contribution in [0.3, 0.4) is 0 Å². The average Bonchev–Trinajstić information content (AvgIpc) is 2.57. The molecule has 0 aliphatic carbocycles. The van der Waals surface area contributed by atoms with Gasteiger partial charge in [-0.15, -0.1) is 0 Å². The van der Waals surface area contributed by atoms with Gasteiger partial charge in [0.25, 0.3) is 10.0 Å². The Hall–Kier alpha value is -2.38. The Balaban J connectivity index is 2.23. The normalized spacial score (nSPS) is 17.3. The van der Waals surface area contributed by atoms with E-state index in [4.69, 9.17) is 11.6 Å². The van der Waals surface area contributed by atoms with Crippen LogP contribution in [0.5, 0.6) is 0 Å². The van der Waals surface area contributed by atoms with E-state index in [-0.39, 0.29) is 33.3 Å². The van der Waals surface area contributed by atoms with E-state index in [0.29, 0.717) is 0 Å². The van der Waals surface area contributed by atoms with Crippen LogP contribution >= 0.6 is 11.6 Å². The predicted molar refractivity (Wildman–Crippen MR) is 99.1 cm³/mol. The topological polar surface area (TPSA) is 57.7 Å². The molecule has 0 spiro atoms. The van der Waals surface area contributed by atoms with Crippen molar-refractivity contribution in [3.05, 3.63) is 75.5 Å². The SMILES string of the molecule is CN(C)/C=C1\C(=O)c2ccc(Cl)cc2N(Cc2ccccc2F)S1(=O)=O. The Morgan fingerprint density at radius 2 is 1.88 bits per heavy atom. The molecule has 0 unspecified atom stereocenters. The smallest absolute Gasteiger partial charge is 0.270 e. The van der Waals surface area contributed by atoms with Gasteiger partial charge in [-0.2, -0.15) is 0 Å². The summed E-state index contributed by atoms with van der Waals surface area (Å²) in [7, 11) is -0.937. The highest BCUT2D eigenvalue weighted by molar-refractivity contribution is 7.97. The van der Waals surface area contributed by atoms with Gasteiger partial charge in [-0.1, -0.05) is 29.8 Å². The van der Waals surface area contributed by atoms with Crippen LogP contribution in [-0.4, -0.2) is 33.2 Å². The Morgan fingerprint density at radius 3 is 2.54 bits per heavy atom. The first-order valence-electron chi connectivity index (χ1n) is 7.70. The summed E-state index contributed by atoms with van der Waals surface area (Å²) in [5.74, 6) is -1.14. The zero-order chi connectivity index (χ0) is 19.1. The fourth-order valence-corrected chi connectivity index (χ4v) is 4.52. The summed E-state index contributed by atoms with van der Waals surface area (Å²) >= 11 is 6.01. The number of anilines is 1. The second-order valence-corrected chi connectivity index (χ2v) is 8.32. The molecule has 0 radical (unpaired) electrons. The van der Waals surface area contributed by atoms with Crippen molar-refractivity contribution in [1.82, 2.24) is 4.90 Å². The highest BCUT2D eigenvalue weighted by atomic mass is 35.5. The van der Waals surface area contributed by atoms with Gasteiger partial charge in [-0.3, -0.25) is 9.10 Å². The quantitative estimate of drug-likeness (QED) is 0.748. The number of nitrogens with zero attached hydrogens (tertiary/aromatic N) is 2. The molecule has 0 saturated heterocycles. The van der Waals surface area contributed by atoms with Crippen LogP contribution < -0.4 is 4.31 Å². The van der Waals surface area contributed by atoms with Crippen molar-refractivity contribution in [1.29, 1.82) is 0 Å².